The van der Waals surface area contributed by atoms with Gasteiger partial charge >= 0.3 is 6.09 Å². The average molecular weight is 458 g/mol. The number of nitrogens with one attached hydrogen (secondary N) is 2. The van der Waals surface area contributed by atoms with Gasteiger partial charge in [-0.25, -0.2) is 13.9 Å². The van der Waals surface area contributed by atoms with Crippen LogP contribution in [0.25, 0.3) is 0 Å². The smallest absolute Gasteiger partial charge is 0.410 e. The number of likely N-dealkylation sites (tertiary alicyclic amines) is 1. The summed E-state index contributed by atoms with van der Waals surface area (Å²) in [4.78, 5) is 39.5. The van der Waals surface area contributed by atoms with Crippen LogP contribution in [0.3, 0.4) is 0 Å². The highest BCUT2D eigenvalue weighted by Gasteiger charge is 2.38. The highest BCUT2D eigenvalue weighted by Crippen LogP contribution is 2.21. The first-order valence-corrected chi connectivity index (χ1v) is 10.6. The zero-order chi connectivity index (χ0) is 22.5. The van der Waals surface area contributed by atoms with Gasteiger partial charge in [0.1, 0.15) is 36.6 Å². The molecule has 1 aromatic heterocycles. The molecule has 2 rings (SSSR count). The van der Waals surface area contributed by atoms with Gasteiger partial charge in [-0.3, -0.25) is 14.5 Å². The molecule has 1 fully saturated rings. The van der Waals surface area contributed by atoms with Gasteiger partial charge in [0.05, 0.1) is 13.6 Å². The first-order valence-electron chi connectivity index (χ1n) is 10.6. The van der Waals surface area contributed by atoms with Crippen LogP contribution < -0.4 is 27.6 Å². The van der Waals surface area contributed by atoms with Crippen LogP contribution in [-0.4, -0.2) is 58.1 Å². The van der Waals surface area contributed by atoms with Crippen molar-refractivity contribution in [1.82, 2.24) is 20.1 Å². The summed E-state index contributed by atoms with van der Waals surface area (Å²) in [5, 5.41) is 5.74. The van der Waals surface area contributed by atoms with Gasteiger partial charge in [-0.15, -0.1) is 0 Å². The number of hydrogen-bond acceptors (Lipinski definition) is 4. The highest BCUT2D eigenvalue weighted by molar-refractivity contribution is 5.91. The Morgan fingerprint density at radius 2 is 1.94 bits per heavy atom. The second-order valence-electron chi connectivity index (χ2n) is 9.17. The standard InChI is InChI=1S/C21H35N5O4.ClH/c1-15(2)17(19(28)22-9-11-25-13-12-24(6)14-25)23-18(27)16-8-7-10-26(16)20(29)30-21(3,4)5;/h12-17H,7-11H2,1-6H3,(H-,22,23,27,28);1H. The maximum Gasteiger partial charge on any atom is 0.410 e. The van der Waals surface area contributed by atoms with E-state index in [-0.39, 0.29) is 30.1 Å². The van der Waals surface area contributed by atoms with Gasteiger partial charge in [0, 0.05) is 6.54 Å². The molecular formula is C21H36ClN5O4. The number of halogens is 1. The van der Waals surface area contributed by atoms with Crippen LogP contribution in [0.5, 0.6) is 0 Å². The van der Waals surface area contributed by atoms with Gasteiger partial charge in [0.15, 0.2) is 0 Å². The predicted molar refractivity (Wildman–Crippen MR) is 111 cm³/mol. The third kappa shape index (κ3) is 8.05. The minimum absolute atomic E-state index is 0. The molecule has 2 atom stereocenters. The fraction of sp³-hybridized carbons (Fsp3) is 0.714. The van der Waals surface area contributed by atoms with Crippen LogP contribution in [0, 0.1) is 5.92 Å². The van der Waals surface area contributed by atoms with Gasteiger partial charge in [-0.05, 0) is 39.5 Å². The topological polar surface area (TPSA) is 96.6 Å². The van der Waals surface area contributed by atoms with Crippen LogP contribution in [0.2, 0.25) is 0 Å². The molecule has 1 aliphatic rings. The molecule has 10 heteroatoms. The highest BCUT2D eigenvalue weighted by atomic mass is 35.5. The number of nitrogens with zero attached hydrogens (tertiary/aromatic N) is 3. The van der Waals surface area contributed by atoms with E-state index < -0.39 is 23.8 Å². The molecule has 2 unspecified atom stereocenters. The van der Waals surface area contributed by atoms with Gasteiger partial charge in [0.2, 0.25) is 18.1 Å². The quantitative estimate of drug-likeness (QED) is 0.462. The first kappa shape index (κ1) is 26.7. The average Bonchev–Trinajstić information content (AvgIpc) is 3.26. The van der Waals surface area contributed by atoms with Crippen molar-refractivity contribution in [1.29, 1.82) is 0 Å². The number of ether oxygens (including phenoxy) is 1. The summed E-state index contributed by atoms with van der Waals surface area (Å²) in [6.07, 6.45) is 6.58. The van der Waals surface area contributed by atoms with Gasteiger partial charge < -0.3 is 27.8 Å². The van der Waals surface area contributed by atoms with E-state index in [2.05, 4.69) is 10.6 Å². The lowest BCUT2D eigenvalue weighted by Crippen LogP contribution is -3.00. The second kappa shape index (κ2) is 11.4. The molecule has 0 aromatic carbocycles. The minimum atomic E-state index is -0.667. The van der Waals surface area contributed by atoms with E-state index in [0.717, 1.165) is 6.42 Å². The minimum Gasteiger partial charge on any atom is -1.00 e. The molecule has 176 valence electrons. The van der Waals surface area contributed by atoms with Crippen LogP contribution in [-0.2, 0) is 27.9 Å². The molecule has 0 bridgehead atoms. The Hall–Kier alpha value is -2.29. The van der Waals surface area contributed by atoms with Crippen molar-refractivity contribution in [2.24, 2.45) is 13.0 Å². The summed E-state index contributed by atoms with van der Waals surface area (Å²) in [7, 11) is 1.93. The molecule has 0 radical (unpaired) electrons. The molecule has 0 saturated carbocycles. The lowest BCUT2D eigenvalue weighted by atomic mass is 10.0. The van der Waals surface area contributed by atoms with Crippen molar-refractivity contribution in [3.8, 4) is 0 Å². The molecule has 1 saturated heterocycles. The monoisotopic (exact) mass is 457 g/mol. The third-order valence-electron chi connectivity index (χ3n) is 4.92. The third-order valence-corrected chi connectivity index (χ3v) is 4.92. The van der Waals surface area contributed by atoms with Crippen molar-refractivity contribution >= 4 is 17.9 Å². The molecule has 2 heterocycles. The largest absolute Gasteiger partial charge is 1.00 e. The first-order chi connectivity index (χ1) is 14.0. The second-order valence-corrected chi connectivity index (χ2v) is 9.17. The molecule has 3 amide bonds. The molecular weight excluding hydrogens is 422 g/mol. The van der Waals surface area contributed by atoms with Crippen LogP contribution in [0.1, 0.15) is 47.5 Å². The van der Waals surface area contributed by atoms with E-state index in [0.29, 0.717) is 26.1 Å². The molecule has 0 aliphatic carbocycles. The van der Waals surface area contributed by atoms with Crippen molar-refractivity contribution in [3.63, 3.8) is 0 Å². The van der Waals surface area contributed by atoms with Crippen molar-refractivity contribution in [3.05, 3.63) is 18.7 Å². The molecule has 1 aromatic rings. The lowest BCUT2D eigenvalue weighted by Gasteiger charge is -2.29. The van der Waals surface area contributed by atoms with E-state index >= 15 is 0 Å². The summed E-state index contributed by atoms with van der Waals surface area (Å²) in [6, 6.07) is -1.28. The zero-order valence-corrected chi connectivity index (χ0v) is 20.1. The SMILES string of the molecule is CC(C)C(NC(=O)C1CCCN1C(=O)OC(C)(C)C)C(=O)NCCn1cc[n+](C)c1.[Cl-]. The van der Waals surface area contributed by atoms with Gasteiger partial charge in [-0.1, -0.05) is 13.8 Å². The summed E-state index contributed by atoms with van der Waals surface area (Å²) in [5.41, 5.74) is -0.627. The number of amides is 3. The van der Waals surface area contributed by atoms with Crippen molar-refractivity contribution in [2.45, 2.75) is 71.7 Å². The van der Waals surface area contributed by atoms with Crippen LogP contribution in [0.4, 0.5) is 4.79 Å². The van der Waals surface area contributed by atoms with Gasteiger partial charge in [-0.2, -0.15) is 0 Å². The number of carbonyl (C=O) groups is 3. The Morgan fingerprint density at radius 1 is 1.26 bits per heavy atom. The number of hydrogen-bond donors (Lipinski definition) is 2. The molecule has 2 N–H and O–H groups in total. The van der Waals surface area contributed by atoms with Crippen LogP contribution >= 0.6 is 0 Å². The van der Waals surface area contributed by atoms with Crippen LogP contribution in [0.15, 0.2) is 18.7 Å². The molecule has 0 spiro atoms. The van der Waals surface area contributed by atoms with E-state index in [4.69, 9.17) is 4.74 Å². The summed E-state index contributed by atoms with van der Waals surface area (Å²) in [6.45, 7) is 10.7. The maximum absolute atomic E-state index is 12.9. The zero-order valence-electron chi connectivity index (χ0n) is 19.4. The molecule has 1 aliphatic heterocycles. The molecule has 9 nitrogen and oxygen atoms in total. The van der Waals surface area contributed by atoms with Gasteiger partial charge in [0.25, 0.3) is 0 Å². The Balaban J connectivity index is 0.00000480. The fourth-order valence-electron chi connectivity index (χ4n) is 3.41. The van der Waals surface area contributed by atoms with E-state index in [9.17, 15) is 14.4 Å². The number of imidazole rings is 1. The summed E-state index contributed by atoms with van der Waals surface area (Å²) < 4.78 is 9.32. The molecule has 31 heavy (non-hydrogen) atoms. The normalized spacial score (nSPS) is 17.1. The Labute approximate surface area is 190 Å². The number of carbonyl (C=O) groups excluding carboxylic acids is 3. The van der Waals surface area contributed by atoms with E-state index in [1.807, 2.05) is 48.8 Å². The lowest BCUT2D eigenvalue weighted by molar-refractivity contribution is -0.671. The summed E-state index contributed by atoms with van der Waals surface area (Å²) in [5.74, 6) is -0.629. The Morgan fingerprint density at radius 3 is 2.48 bits per heavy atom. The number of aryl methyl sites for hydroxylation is 1. The van der Waals surface area contributed by atoms with E-state index in [1.165, 1.54) is 4.90 Å². The summed E-state index contributed by atoms with van der Waals surface area (Å²) >= 11 is 0. The number of aromatic nitrogens is 2. The maximum atomic E-state index is 12.9. The Bertz CT molecular complexity index is 759. The van der Waals surface area contributed by atoms with E-state index in [1.54, 1.807) is 20.8 Å². The van der Waals surface area contributed by atoms with Crippen molar-refractivity contribution < 1.29 is 36.1 Å². The Kier molecular flexibility index (Phi) is 9.80. The van der Waals surface area contributed by atoms with Crippen molar-refractivity contribution in [2.75, 3.05) is 13.1 Å². The number of rotatable bonds is 7. The predicted octanol–water partition coefficient (Wildman–Crippen LogP) is -2.03. The fourth-order valence-corrected chi connectivity index (χ4v) is 3.41.